The molecule has 0 atom stereocenters. The largest absolute Gasteiger partial charge is 0.497 e. The number of hydrogen-bond acceptors (Lipinski definition) is 3. The third kappa shape index (κ3) is 4.86. The average molecular weight is 381 g/mol. The van der Waals surface area contributed by atoms with Crippen molar-refractivity contribution in [3.05, 3.63) is 88.9 Å². The number of halogens is 1. The van der Waals surface area contributed by atoms with Crippen LogP contribution >= 0.6 is 11.6 Å². The highest BCUT2D eigenvalue weighted by atomic mass is 35.5. The lowest BCUT2D eigenvalue weighted by atomic mass is 10.1. The van der Waals surface area contributed by atoms with Gasteiger partial charge in [0.2, 0.25) is 0 Å². The highest BCUT2D eigenvalue weighted by Gasteiger charge is 2.09. The molecule has 0 spiro atoms. The van der Waals surface area contributed by atoms with Crippen LogP contribution in [-0.2, 0) is 0 Å². The number of ether oxygens (including phenoxy) is 1. The molecule has 0 aromatic heterocycles. The van der Waals surface area contributed by atoms with Gasteiger partial charge in [-0.25, -0.2) is 0 Å². The highest BCUT2D eigenvalue weighted by Crippen LogP contribution is 2.17. The van der Waals surface area contributed by atoms with Gasteiger partial charge in [-0.1, -0.05) is 17.7 Å². The van der Waals surface area contributed by atoms with E-state index in [2.05, 4.69) is 10.6 Å². The summed E-state index contributed by atoms with van der Waals surface area (Å²) in [5, 5.41) is 6.11. The summed E-state index contributed by atoms with van der Waals surface area (Å²) in [6.45, 7) is 0. The second-order valence-electron chi connectivity index (χ2n) is 5.72. The van der Waals surface area contributed by atoms with Crippen LogP contribution in [0.5, 0.6) is 5.75 Å². The first-order valence-corrected chi connectivity index (χ1v) is 8.55. The fourth-order valence-corrected chi connectivity index (χ4v) is 2.61. The molecule has 3 aromatic rings. The van der Waals surface area contributed by atoms with E-state index in [9.17, 15) is 9.59 Å². The third-order valence-electron chi connectivity index (χ3n) is 3.84. The zero-order chi connectivity index (χ0) is 19.2. The van der Waals surface area contributed by atoms with Crippen LogP contribution in [-0.4, -0.2) is 18.9 Å². The summed E-state index contributed by atoms with van der Waals surface area (Å²) in [7, 11) is 1.57. The normalized spacial score (nSPS) is 10.1. The number of amides is 2. The standard InChI is InChI=1S/C21H17ClN2O3/c1-27-19-11-7-15(8-12-19)20(25)23-17-9-5-14(6-10-17)21(26)24-18-4-2-3-16(22)13-18/h2-13H,1H3,(H,23,25)(H,24,26). The fourth-order valence-electron chi connectivity index (χ4n) is 2.42. The summed E-state index contributed by atoms with van der Waals surface area (Å²) < 4.78 is 5.07. The van der Waals surface area contributed by atoms with Gasteiger partial charge in [-0.05, 0) is 66.7 Å². The Labute approximate surface area is 161 Å². The van der Waals surface area contributed by atoms with Gasteiger partial charge in [0.1, 0.15) is 5.75 Å². The zero-order valence-electron chi connectivity index (χ0n) is 14.5. The van der Waals surface area contributed by atoms with Gasteiger partial charge in [0, 0.05) is 27.5 Å². The van der Waals surface area contributed by atoms with Gasteiger partial charge in [-0.15, -0.1) is 0 Å². The van der Waals surface area contributed by atoms with E-state index in [-0.39, 0.29) is 11.8 Å². The molecule has 2 N–H and O–H groups in total. The number of benzene rings is 3. The molecule has 0 aliphatic carbocycles. The molecular weight excluding hydrogens is 364 g/mol. The van der Waals surface area contributed by atoms with Gasteiger partial charge in [-0.3, -0.25) is 9.59 Å². The number of carbonyl (C=O) groups is 2. The molecular formula is C21H17ClN2O3. The molecule has 0 aliphatic rings. The summed E-state index contributed by atoms with van der Waals surface area (Å²) in [4.78, 5) is 24.5. The molecule has 0 bridgehead atoms. The van der Waals surface area contributed by atoms with Crippen LogP contribution in [0.15, 0.2) is 72.8 Å². The number of anilines is 2. The quantitative estimate of drug-likeness (QED) is 0.664. The van der Waals surface area contributed by atoms with Gasteiger partial charge in [0.05, 0.1) is 7.11 Å². The third-order valence-corrected chi connectivity index (χ3v) is 4.07. The Kier molecular flexibility index (Phi) is 5.74. The van der Waals surface area contributed by atoms with Gasteiger partial charge >= 0.3 is 0 Å². The first-order chi connectivity index (χ1) is 13.0. The Morgan fingerprint density at radius 2 is 1.33 bits per heavy atom. The van der Waals surface area contributed by atoms with E-state index in [1.807, 2.05) is 0 Å². The smallest absolute Gasteiger partial charge is 0.255 e. The second kappa shape index (κ2) is 8.38. The average Bonchev–Trinajstić information content (AvgIpc) is 2.68. The number of methoxy groups -OCH3 is 1. The predicted molar refractivity (Wildman–Crippen MR) is 107 cm³/mol. The molecule has 0 radical (unpaired) electrons. The maximum atomic E-state index is 12.3. The molecule has 3 rings (SSSR count). The van der Waals surface area contributed by atoms with E-state index < -0.39 is 0 Å². The number of hydrogen-bond donors (Lipinski definition) is 2. The van der Waals surface area contributed by atoms with E-state index in [0.717, 1.165) is 0 Å². The molecule has 0 aliphatic heterocycles. The van der Waals surface area contributed by atoms with Crippen molar-refractivity contribution in [3.63, 3.8) is 0 Å². The van der Waals surface area contributed by atoms with Crippen LogP contribution in [0.4, 0.5) is 11.4 Å². The predicted octanol–water partition coefficient (Wildman–Crippen LogP) is 4.85. The van der Waals surface area contributed by atoms with Gasteiger partial charge in [0.25, 0.3) is 11.8 Å². The molecule has 5 nitrogen and oxygen atoms in total. The molecule has 136 valence electrons. The topological polar surface area (TPSA) is 67.4 Å². The van der Waals surface area contributed by atoms with E-state index in [1.54, 1.807) is 79.9 Å². The first-order valence-electron chi connectivity index (χ1n) is 8.17. The lowest BCUT2D eigenvalue weighted by Gasteiger charge is -2.08. The van der Waals surface area contributed by atoms with Crippen molar-refractivity contribution in [2.75, 3.05) is 17.7 Å². The summed E-state index contributed by atoms with van der Waals surface area (Å²) in [5.74, 6) is 0.181. The summed E-state index contributed by atoms with van der Waals surface area (Å²) >= 11 is 5.91. The molecule has 0 saturated heterocycles. The zero-order valence-corrected chi connectivity index (χ0v) is 15.3. The van der Waals surface area contributed by atoms with E-state index in [4.69, 9.17) is 16.3 Å². The van der Waals surface area contributed by atoms with Crippen LogP contribution < -0.4 is 15.4 Å². The summed E-state index contributed by atoms with van der Waals surface area (Å²) in [6.07, 6.45) is 0. The van der Waals surface area contributed by atoms with Crippen molar-refractivity contribution in [3.8, 4) is 5.75 Å². The van der Waals surface area contributed by atoms with Gasteiger partial charge in [-0.2, -0.15) is 0 Å². The summed E-state index contributed by atoms with van der Waals surface area (Å²) in [5.41, 5.74) is 2.19. The van der Waals surface area contributed by atoms with Crippen molar-refractivity contribution in [2.45, 2.75) is 0 Å². The number of rotatable bonds is 5. The van der Waals surface area contributed by atoms with Crippen LogP contribution in [0.1, 0.15) is 20.7 Å². The van der Waals surface area contributed by atoms with Crippen molar-refractivity contribution in [1.29, 1.82) is 0 Å². The SMILES string of the molecule is COc1ccc(C(=O)Nc2ccc(C(=O)Nc3cccc(Cl)c3)cc2)cc1. The number of carbonyl (C=O) groups excluding carboxylic acids is 2. The maximum Gasteiger partial charge on any atom is 0.255 e. The van der Waals surface area contributed by atoms with Crippen LogP contribution in [0.2, 0.25) is 5.02 Å². The molecule has 3 aromatic carbocycles. The van der Waals surface area contributed by atoms with Crippen LogP contribution in [0, 0.1) is 0 Å². The van der Waals surface area contributed by atoms with Crippen molar-refractivity contribution in [1.82, 2.24) is 0 Å². The lowest BCUT2D eigenvalue weighted by molar-refractivity contribution is 0.102. The van der Waals surface area contributed by atoms with Gasteiger partial charge < -0.3 is 15.4 Å². The minimum Gasteiger partial charge on any atom is -0.497 e. The highest BCUT2D eigenvalue weighted by molar-refractivity contribution is 6.31. The van der Waals surface area contributed by atoms with Crippen LogP contribution in [0.25, 0.3) is 0 Å². The van der Waals surface area contributed by atoms with E-state index in [1.165, 1.54) is 0 Å². The van der Waals surface area contributed by atoms with Crippen LogP contribution in [0.3, 0.4) is 0 Å². The monoisotopic (exact) mass is 380 g/mol. The van der Waals surface area contributed by atoms with E-state index in [0.29, 0.717) is 33.3 Å². The molecule has 0 saturated carbocycles. The Morgan fingerprint density at radius 3 is 1.89 bits per heavy atom. The Bertz CT molecular complexity index is 954. The maximum absolute atomic E-state index is 12.3. The van der Waals surface area contributed by atoms with Gasteiger partial charge in [0.15, 0.2) is 0 Å². The molecule has 27 heavy (non-hydrogen) atoms. The molecule has 0 unspecified atom stereocenters. The van der Waals surface area contributed by atoms with Crippen molar-refractivity contribution >= 4 is 34.8 Å². The Morgan fingerprint density at radius 1 is 0.778 bits per heavy atom. The summed E-state index contributed by atoms with van der Waals surface area (Å²) in [6, 6.07) is 20.4. The Hall–Kier alpha value is -3.31. The van der Waals surface area contributed by atoms with E-state index >= 15 is 0 Å². The second-order valence-corrected chi connectivity index (χ2v) is 6.16. The minimum atomic E-state index is -0.259. The van der Waals surface area contributed by atoms with Crippen molar-refractivity contribution in [2.24, 2.45) is 0 Å². The molecule has 0 heterocycles. The minimum absolute atomic E-state index is 0.242. The number of nitrogens with one attached hydrogen (secondary N) is 2. The molecule has 0 fully saturated rings. The van der Waals surface area contributed by atoms with Crippen molar-refractivity contribution < 1.29 is 14.3 Å². The molecule has 2 amide bonds. The molecule has 6 heteroatoms. The first kappa shape index (κ1) is 18.5. The Balaban J connectivity index is 1.64. The lowest BCUT2D eigenvalue weighted by Crippen LogP contribution is -2.13. The fraction of sp³-hybridized carbons (Fsp3) is 0.0476.